The smallest absolute Gasteiger partial charge is 0.0686 e. The van der Waals surface area contributed by atoms with Gasteiger partial charge in [0.15, 0.2) is 0 Å². The largest absolute Gasteiger partial charge is 0.392 e. The van der Waals surface area contributed by atoms with E-state index in [1.807, 2.05) is 20.0 Å². The van der Waals surface area contributed by atoms with Crippen molar-refractivity contribution in [3.05, 3.63) is 28.2 Å². The van der Waals surface area contributed by atoms with Gasteiger partial charge < -0.3 is 15.3 Å². The van der Waals surface area contributed by atoms with Crippen molar-refractivity contribution in [1.29, 1.82) is 0 Å². The molecule has 0 aliphatic rings. The Balaban J connectivity index is 3.02. The van der Waals surface area contributed by atoms with E-state index in [1.165, 1.54) is 5.56 Å². The molecule has 0 bridgehead atoms. The Morgan fingerprint density at radius 2 is 2.06 bits per heavy atom. The standard InChI is InChI=1S/C14H23BrN2O/c1-5-16-11(3)13-8-12(15)6-7-14(13)17(4)9-10(2)18/h6-8,10-11,16,18H,5,9H2,1-4H3. The number of hydrogen-bond acceptors (Lipinski definition) is 3. The summed E-state index contributed by atoms with van der Waals surface area (Å²) in [6, 6.07) is 6.56. The summed E-state index contributed by atoms with van der Waals surface area (Å²) in [5.74, 6) is 0. The monoisotopic (exact) mass is 314 g/mol. The Labute approximate surface area is 118 Å². The molecule has 0 spiro atoms. The van der Waals surface area contributed by atoms with Crippen molar-refractivity contribution in [2.45, 2.75) is 32.9 Å². The highest BCUT2D eigenvalue weighted by Gasteiger charge is 2.14. The van der Waals surface area contributed by atoms with Gasteiger partial charge in [-0.3, -0.25) is 0 Å². The molecule has 0 radical (unpaired) electrons. The van der Waals surface area contributed by atoms with Crippen LogP contribution in [0, 0.1) is 0 Å². The number of aliphatic hydroxyl groups is 1. The summed E-state index contributed by atoms with van der Waals surface area (Å²) in [5, 5.41) is 12.9. The summed E-state index contributed by atoms with van der Waals surface area (Å²) < 4.78 is 1.08. The van der Waals surface area contributed by atoms with E-state index in [9.17, 15) is 5.11 Å². The van der Waals surface area contributed by atoms with Crippen LogP contribution in [0.15, 0.2) is 22.7 Å². The van der Waals surface area contributed by atoms with E-state index >= 15 is 0 Å². The molecule has 0 aliphatic heterocycles. The van der Waals surface area contributed by atoms with E-state index in [0.717, 1.165) is 16.7 Å². The highest BCUT2D eigenvalue weighted by Crippen LogP contribution is 2.29. The van der Waals surface area contributed by atoms with Crippen LogP contribution in [0.3, 0.4) is 0 Å². The van der Waals surface area contributed by atoms with Crippen molar-refractivity contribution >= 4 is 21.6 Å². The third-order valence-electron chi connectivity index (χ3n) is 2.92. The average Bonchev–Trinajstić information content (AvgIpc) is 2.28. The van der Waals surface area contributed by atoms with Gasteiger partial charge in [0.1, 0.15) is 0 Å². The summed E-state index contributed by atoms with van der Waals surface area (Å²) >= 11 is 3.52. The second-order valence-electron chi connectivity index (χ2n) is 4.71. The molecule has 4 heteroatoms. The first kappa shape index (κ1) is 15.5. The summed E-state index contributed by atoms with van der Waals surface area (Å²) in [7, 11) is 2.01. The van der Waals surface area contributed by atoms with Gasteiger partial charge in [-0.05, 0) is 44.2 Å². The SMILES string of the molecule is CCNC(C)c1cc(Br)ccc1N(C)CC(C)O. The Kier molecular flexibility index (Phi) is 6.12. The molecule has 0 heterocycles. The molecule has 102 valence electrons. The van der Waals surface area contributed by atoms with Gasteiger partial charge in [0.2, 0.25) is 0 Å². The molecule has 2 unspecified atom stereocenters. The van der Waals surface area contributed by atoms with Crippen LogP contribution >= 0.6 is 15.9 Å². The number of hydrogen-bond donors (Lipinski definition) is 2. The normalized spacial score (nSPS) is 14.3. The zero-order valence-corrected chi connectivity index (χ0v) is 13.2. The Hall–Kier alpha value is -0.580. The fourth-order valence-electron chi connectivity index (χ4n) is 2.13. The number of aliphatic hydroxyl groups excluding tert-OH is 1. The van der Waals surface area contributed by atoms with Crippen LogP contribution in [0.25, 0.3) is 0 Å². The van der Waals surface area contributed by atoms with Crippen LogP contribution in [0.4, 0.5) is 5.69 Å². The molecule has 1 aromatic carbocycles. The average molecular weight is 315 g/mol. The van der Waals surface area contributed by atoms with Gasteiger partial charge in [-0.25, -0.2) is 0 Å². The molecule has 2 N–H and O–H groups in total. The van der Waals surface area contributed by atoms with Crippen LogP contribution in [0.5, 0.6) is 0 Å². The molecule has 3 nitrogen and oxygen atoms in total. The number of benzene rings is 1. The molecule has 0 aliphatic carbocycles. The minimum absolute atomic E-state index is 0.291. The number of halogens is 1. The third kappa shape index (κ3) is 4.26. The zero-order chi connectivity index (χ0) is 13.7. The molecule has 18 heavy (non-hydrogen) atoms. The van der Waals surface area contributed by atoms with E-state index < -0.39 is 0 Å². The van der Waals surface area contributed by atoms with E-state index in [0.29, 0.717) is 12.6 Å². The topological polar surface area (TPSA) is 35.5 Å². The van der Waals surface area contributed by atoms with Crippen molar-refractivity contribution in [3.8, 4) is 0 Å². The van der Waals surface area contributed by atoms with Gasteiger partial charge in [-0.15, -0.1) is 0 Å². The highest BCUT2D eigenvalue weighted by atomic mass is 79.9. The molecule has 1 rings (SSSR count). The summed E-state index contributed by atoms with van der Waals surface area (Å²) in [6.45, 7) is 7.64. The predicted molar refractivity (Wildman–Crippen MR) is 81.2 cm³/mol. The number of nitrogens with one attached hydrogen (secondary N) is 1. The van der Waals surface area contributed by atoms with E-state index in [4.69, 9.17) is 0 Å². The van der Waals surface area contributed by atoms with Crippen LogP contribution in [0.2, 0.25) is 0 Å². The molecule has 0 fully saturated rings. The molecular weight excluding hydrogens is 292 g/mol. The number of nitrogens with zero attached hydrogens (tertiary/aromatic N) is 1. The minimum atomic E-state index is -0.332. The van der Waals surface area contributed by atoms with Gasteiger partial charge in [-0.1, -0.05) is 22.9 Å². The van der Waals surface area contributed by atoms with Crippen molar-refractivity contribution in [1.82, 2.24) is 5.32 Å². The summed E-state index contributed by atoms with van der Waals surface area (Å²) in [6.07, 6.45) is -0.332. The maximum atomic E-state index is 9.51. The van der Waals surface area contributed by atoms with E-state index in [1.54, 1.807) is 0 Å². The first-order valence-electron chi connectivity index (χ1n) is 6.37. The Morgan fingerprint density at radius 3 is 2.61 bits per heavy atom. The molecule has 0 amide bonds. The van der Waals surface area contributed by atoms with Crippen LogP contribution < -0.4 is 10.2 Å². The number of likely N-dealkylation sites (N-methyl/N-ethyl adjacent to an activating group) is 1. The molecular formula is C14H23BrN2O. The molecule has 1 aromatic rings. The Bertz CT molecular complexity index is 382. The first-order chi connectivity index (χ1) is 8.45. The van der Waals surface area contributed by atoms with E-state index in [2.05, 4.69) is 52.1 Å². The number of rotatable bonds is 6. The van der Waals surface area contributed by atoms with Gasteiger partial charge in [0.25, 0.3) is 0 Å². The lowest BCUT2D eigenvalue weighted by Gasteiger charge is -2.26. The van der Waals surface area contributed by atoms with Crippen molar-refractivity contribution in [2.75, 3.05) is 25.0 Å². The third-order valence-corrected chi connectivity index (χ3v) is 3.41. The molecule has 0 saturated carbocycles. The Morgan fingerprint density at radius 1 is 1.39 bits per heavy atom. The second kappa shape index (κ2) is 7.12. The lowest BCUT2D eigenvalue weighted by molar-refractivity contribution is 0.201. The zero-order valence-electron chi connectivity index (χ0n) is 11.6. The van der Waals surface area contributed by atoms with Gasteiger partial charge >= 0.3 is 0 Å². The predicted octanol–water partition coefficient (Wildman–Crippen LogP) is 2.94. The van der Waals surface area contributed by atoms with Crippen molar-refractivity contribution in [3.63, 3.8) is 0 Å². The van der Waals surface area contributed by atoms with Crippen LogP contribution in [0.1, 0.15) is 32.4 Å². The minimum Gasteiger partial charge on any atom is -0.392 e. The second-order valence-corrected chi connectivity index (χ2v) is 5.63. The van der Waals surface area contributed by atoms with Crippen molar-refractivity contribution in [2.24, 2.45) is 0 Å². The van der Waals surface area contributed by atoms with Crippen molar-refractivity contribution < 1.29 is 5.11 Å². The van der Waals surface area contributed by atoms with Gasteiger partial charge in [-0.2, -0.15) is 0 Å². The maximum Gasteiger partial charge on any atom is 0.0686 e. The van der Waals surface area contributed by atoms with Crippen LogP contribution in [-0.2, 0) is 0 Å². The molecule has 0 aromatic heterocycles. The first-order valence-corrected chi connectivity index (χ1v) is 7.17. The highest BCUT2D eigenvalue weighted by molar-refractivity contribution is 9.10. The molecule has 2 atom stereocenters. The lowest BCUT2D eigenvalue weighted by Crippen LogP contribution is -2.29. The quantitative estimate of drug-likeness (QED) is 0.847. The molecule has 0 saturated heterocycles. The van der Waals surface area contributed by atoms with Gasteiger partial charge in [0, 0.05) is 29.8 Å². The van der Waals surface area contributed by atoms with E-state index in [-0.39, 0.29) is 6.10 Å². The fourth-order valence-corrected chi connectivity index (χ4v) is 2.51. The van der Waals surface area contributed by atoms with Gasteiger partial charge in [0.05, 0.1) is 6.10 Å². The lowest BCUT2D eigenvalue weighted by atomic mass is 10.0. The summed E-state index contributed by atoms with van der Waals surface area (Å²) in [5.41, 5.74) is 2.40. The maximum absolute atomic E-state index is 9.51. The summed E-state index contributed by atoms with van der Waals surface area (Å²) in [4.78, 5) is 2.10. The fraction of sp³-hybridized carbons (Fsp3) is 0.571. The number of anilines is 1. The van der Waals surface area contributed by atoms with Crippen LogP contribution in [-0.4, -0.2) is 31.3 Å².